The van der Waals surface area contributed by atoms with Crippen LogP contribution in [0.15, 0.2) is 39.3 Å². The van der Waals surface area contributed by atoms with Gasteiger partial charge in [0, 0.05) is 45.2 Å². The highest BCUT2D eigenvalue weighted by atomic mass is 32.1. The first-order chi connectivity index (χ1) is 15.2. The average Bonchev–Trinajstić information content (AvgIpc) is 3.34. The third-order valence-electron chi connectivity index (χ3n) is 4.90. The second-order valence-corrected chi connectivity index (χ2v) is 8.09. The molecule has 0 atom stereocenters. The molecule has 0 unspecified atom stereocenters. The molecule has 0 saturated carbocycles. The summed E-state index contributed by atoms with van der Waals surface area (Å²) in [5.74, 6) is 0.238. The van der Waals surface area contributed by atoms with Crippen LogP contribution < -0.4 is 16.4 Å². The summed E-state index contributed by atoms with van der Waals surface area (Å²) in [5, 5.41) is 16.3. The van der Waals surface area contributed by atoms with Gasteiger partial charge in [0.1, 0.15) is 17.3 Å². The van der Waals surface area contributed by atoms with E-state index in [2.05, 4.69) is 37.1 Å². The third kappa shape index (κ3) is 5.06. The minimum Gasteiger partial charge on any atom is -0.476 e. The minimum absolute atomic E-state index is 0.0635. The number of carboxylic acids is 1. The number of piperazine rings is 1. The van der Waals surface area contributed by atoms with Gasteiger partial charge in [0.05, 0.1) is 0 Å². The molecule has 2 aliphatic heterocycles. The van der Waals surface area contributed by atoms with Crippen molar-refractivity contribution in [2.45, 2.75) is 6.92 Å². The van der Waals surface area contributed by atoms with E-state index in [-0.39, 0.29) is 11.5 Å². The number of carboxylic acid groups (broad SMARTS) is 1. The molecule has 13 heteroatoms. The maximum Gasteiger partial charge on any atom is 0.355 e. The molecule has 12 nitrogen and oxygen atoms in total. The van der Waals surface area contributed by atoms with Crippen molar-refractivity contribution < 1.29 is 14.7 Å². The number of amides is 2. The van der Waals surface area contributed by atoms with Crippen LogP contribution in [0.4, 0.5) is 4.79 Å². The van der Waals surface area contributed by atoms with E-state index in [0.29, 0.717) is 34.7 Å². The van der Waals surface area contributed by atoms with Gasteiger partial charge in [-0.05, 0) is 14.0 Å². The molecule has 1 aromatic heterocycles. The zero-order valence-electron chi connectivity index (χ0n) is 18.3. The first kappa shape index (κ1) is 23.2. The van der Waals surface area contributed by atoms with Gasteiger partial charge in [0.25, 0.3) is 0 Å². The molecule has 172 valence electrons. The lowest BCUT2D eigenvalue weighted by atomic mass is 10.3. The molecule has 32 heavy (non-hydrogen) atoms. The van der Waals surface area contributed by atoms with Gasteiger partial charge in [0.2, 0.25) is 0 Å². The summed E-state index contributed by atoms with van der Waals surface area (Å²) in [7, 11) is 3.77. The van der Waals surface area contributed by atoms with E-state index in [9.17, 15) is 14.7 Å². The van der Waals surface area contributed by atoms with Gasteiger partial charge >= 0.3 is 12.0 Å². The first-order valence-corrected chi connectivity index (χ1v) is 10.9. The molecule has 2 aliphatic rings. The Morgan fingerprint density at radius 3 is 2.59 bits per heavy atom. The van der Waals surface area contributed by atoms with Crippen molar-refractivity contribution >= 4 is 35.0 Å². The SMILES string of the molecule is C=C(/N=C1\C(=C(/N)N2CCN(C)CC2)N=C(c2nc(C(=O)O)cs2)N1C)NC(=O)NCC. The van der Waals surface area contributed by atoms with Crippen LogP contribution in [0.1, 0.15) is 22.4 Å². The van der Waals surface area contributed by atoms with Crippen LogP contribution >= 0.6 is 11.3 Å². The van der Waals surface area contributed by atoms with E-state index >= 15 is 0 Å². The van der Waals surface area contributed by atoms with Gasteiger partial charge in [-0.3, -0.25) is 5.32 Å². The molecular formula is C19H27N9O3S. The summed E-state index contributed by atoms with van der Waals surface area (Å²) < 4.78 is 0. The Hall–Kier alpha value is -3.45. The fourth-order valence-electron chi connectivity index (χ4n) is 3.14. The predicted octanol–water partition coefficient (Wildman–Crippen LogP) is 0.0973. The number of nitrogens with two attached hydrogens (primary N) is 1. The van der Waals surface area contributed by atoms with Crippen LogP contribution in [-0.4, -0.2) is 95.3 Å². The minimum atomic E-state index is -1.12. The smallest absolute Gasteiger partial charge is 0.355 e. The zero-order chi connectivity index (χ0) is 23.4. The van der Waals surface area contributed by atoms with Gasteiger partial charge < -0.3 is 30.9 Å². The molecule has 0 bridgehead atoms. The Balaban J connectivity index is 1.98. The van der Waals surface area contributed by atoms with Gasteiger partial charge in [-0.2, -0.15) is 0 Å². The van der Waals surface area contributed by atoms with Crippen LogP contribution in [0.25, 0.3) is 0 Å². The lowest BCUT2D eigenvalue weighted by Crippen LogP contribution is -2.46. The van der Waals surface area contributed by atoms with Crippen molar-refractivity contribution in [1.29, 1.82) is 0 Å². The molecule has 3 rings (SSSR count). The van der Waals surface area contributed by atoms with E-state index in [1.807, 2.05) is 11.9 Å². The summed E-state index contributed by atoms with van der Waals surface area (Å²) in [6, 6.07) is -0.424. The molecular weight excluding hydrogens is 434 g/mol. The van der Waals surface area contributed by atoms with Gasteiger partial charge in [-0.25, -0.2) is 24.6 Å². The fraction of sp³-hybridized carbons (Fsp3) is 0.421. The molecule has 1 fully saturated rings. The average molecular weight is 462 g/mol. The first-order valence-electron chi connectivity index (χ1n) is 9.99. The molecule has 0 spiro atoms. The molecule has 0 aliphatic carbocycles. The summed E-state index contributed by atoms with van der Waals surface area (Å²) in [6.07, 6.45) is 0. The van der Waals surface area contributed by atoms with E-state index in [1.54, 1.807) is 18.9 Å². The fourth-order valence-corrected chi connectivity index (χ4v) is 3.96. The summed E-state index contributed by atoms with van der Waals surface area (Å²) >= 11 is 1.16. The Morgan fingerprint density at radius 2 is 2.00 bits per heavy atom. The molecule has 1 saturated heterocycles. The van der Waals surface area contributed by atoms with Crippen LogP contribution in [0, 0.1) is 0 Å². The number of aromatic nitrogens is 1. The molecule has 0 radical (unpaired) electrons. The largest absolute Gasteiger partial charge is 0.476 e. The zero-order valence-corrected chi connectivity index (χ0v) is 19.1. The lowest BCUT2D eigenvalue weighted by Gasteiger charge is -2.34. The van der Waals surface area contributed by atoms with E-state index in [4.69, 9.17) is 5.73 Å². The Morgan fingerprint density at radius 1 is 1.31 bits per heavy atom. The van der Waals surface area contributed by atoms with Gasteiger partial charge in [-0.1, -0.05) is 6.58 Å². The van der Waals surface area contributed by atoms with Crippen LogP contribution in [0.5, 0.6) is 0 Å². The summed E-state index contributed by atoms with van der Waals surface area (Å²) in [5.41, 5.74) is 6.85. The van der Waals surface area contributed by atoms with Crippen molar-refractivity contribution in [1.82, 2.24) is 30.3 Å². The Labute approximate surface area is 189 Å². The van der Waals surface area contributed by atoms with Crippen LogP contribution in [0.2, 0.25) is 0 Å². The number of hydrogen-bond acceptors (Lipinski definition) is 9. The second kappa shape index (κ2) is 9.78. The Bertz CT molecular complexity index is 1010. The molecule has 1 aromatic rings. The normalized spacial score (nSPS) is 19.7. The topological polar surface area (TPSA) is 152 Å². The number of nitrogens with one attached hydrogen (secondary N) is 2. The lowest BCUT2D eigenvalue weighted by molar-refractivity contribution is 0.0691. The summed E-state index contributed by atoms with van der Waals surface area (Å²) in [6.45, 7) is 9.23. The van der Waals surface area contributed by atoms with Gasteiger partial charge in [0.15, 0.2) is 22.4 Å². The number of carbonyl (C=O) groups excluding carboxylic acids is 1. The third-order valence-corrected chi connectivity index (χ3v) is 5.74. The highest BCUT2D eigenvalue weighted by molar-refractivity contribution is 7.12. The Kier molecular flexibility index (Phi) is 7.10. The van der Waals surface area contributed by atoms with Crippen molar-refractivity contribution in [3.63, 3.8) is 0 Å². The van der Waals surface area contributed by atoms with Gasteiger partial charge in [-0.15, -0.1) is 11.3 Å². The molecule has 5 N–H and O–H groups in total. The number of urea groups is 1. The number of hydrogen-bond donors (Lipinski definition) is 4. The number of likely N-dealkylation sites (N-methyl/N-ethyl adjacent to an activating group) is 2. The quantitative estimate of drug-likeness (QED) is 0.465. The van der Waals surface area contributed by atoms with Crippen LogP contribution in [0.3, 0.4) is 0 Å². The van der Waals surface area contributed by atoms with E-state index in [0.717, 1.165) is 37.5 Å². The highest BCUT2D eigenvalue weighted by Crippen LogP contribution is 2.25. The monoisotopic (exact) mass is 461 g/mol. The summed E-state index contributed by atoms with van der Waals surface area (Å²) in [4.78, 5) is 42.2. The van der Waals surface area contributed by atoms with E-state index < -0.39 is 12.0 Å². The predicted molar refractivity (Wildman–Crippen MR) is 122 cm³/mol. The van der Waals surface area contributed by atoms with Crippen LogP contribution in [-0.2, 0) is 0 Å². The van der Waals surface area contributed by atoms with Crippen molar-refractivity contribution in [2.75, 3.05) is 46.8 Å². The number of nitrogens with zero attached hydrogens (tertiary/aromatic N) is 6. The van der Waals surface area contributed by atoms with Crippen molar-refractivity contribution in [3.8, 4) is 0 Å². The maximum absolute atomic E-state index is 11.8. The standard InChI is InChI=1S/C19H27N9O3S/c1-5-21-19(31)23-11(2)22-15-13(14(20)28-8-6-26(3)7-9-28)25-16(27(15)4)17-24-12(10-32-17)18(29)30/h10H,2,5-9,20H2,1,3-4H3,(H,29,30)(H2,21,23,31)/b14-13-,22-15+. The second-order valence-electron chi connectivity index (χ2n) is 7.23. The number of rotatable bonds is 6. The maximum atomic E-state index is 11.8. The number of carbonyl (C=O) groups is 2. The van der Waals surface area contributed by atoms with Crippen molar-refractivity contribution in [2.24, 2.45) is 15.7 Å². The number of aromatic carboxylic acids is 1. The van der Waals surface area contributed by atoms with Crippen molar-refractivity contribution in [3.05, 3.63) is 40.0 Å². The molecule has 3 heterocycles. The number of thiazole rings is 1. The molecule has 0 aromatic carbocycles. The number of aliphatic imine (C=N–C) groups is 2. The molecule has 2 amide bonds. The number of amidine groups is 2. The highest BCUT2D eigenvalue weighted by Gasteiger charge is 2.32. The van der Waals surface area contributed by atoms with E-state index in [1.165, 1.54) is 5.38 Å².